The second kappa shape index (κ2) is 11.9. The quantitative estimate of drug-likeness (QED) is 0.247. The first-order valence-corrected chi connectivity index (χ1v) is 9.62. The molecule has 2 rings (SSSR count). The molecule has 6 nitrogen and oxygen atoms in total. The highest BCUT2D eigenvalue weighted by Gasteiger charge is 1.99. The average Bonchev–Trinajstić information content (AvgIpc) is 2.68. The number of guanidine groups is 1. The number of nitrogens with two attached hydrogens (primary N) is 2. The van der Waals surface area contributed by atoms with Gasteiger partial charge in [0.05, 0.1) is 0 Å². The fourth-order valence-electron chi connectivity index (χ4n) is 2.89. The minimum absolute atomic E-state index is 0.182. The van der Waals surface area contributed by atoms with E-state index in [9.17, 15) is 0 Å². The van der Waals surface area contributed by atoms with Crippen molar-refractivity contribution in [3.05, 3.63) is 42.0 Å². The van der Waals surface area contributed by atoms with Crippen LogP contribution in [-0.2, 0) is 0 Å². The van der Waals surface area contributed by atoms with Gasteiger partial charge < -0.3 is 26.9 Å². The van der Waals surface area contributed by atoms with Crippen LogP contribution in [0.3, 0.4) is 0 Å². The summed E-state index contributed by atoms with van der Waals surface area (Å²) in [5.74, 6) is 1.06. The van der Waals surface area contributed by atoms with E-state index >= 15 is 0 Å². The Kier molecular flexibility index (Phi) is 9.13. The summed E-state index contributed by atoms with van der Waals surface area (Å²) in [5.41, 5.74) is 11.5. The van der Waals surface area contributed by atoms with Crippen molar-refractivity contribution in [1.82, 2.24) is 5.32 Å². The minimum atomic E-state index is 0.182. The number of aliphatic imine (C=N–C) groups is 1. The molecule has 0 unspecified atom stereocenters. The number of hydrogen-bond donors (Lipinski definition) is 4. The molecular weight excluding hydrogens is 338 g/mol. The molecule has 0 bridgehead atoms. The van der Waals surface area contributed by atoms with Gasteiger partial charge in [-0.3, -0.25) is 4.99 Å². The molecule has 0 fully saturated rings. The Bertz CT molecular complexity index is 740. The molecule has 0 aliphatic carbocycles. The molecule has 0 amide bonds. The lowest BCUT2D eigenvalue weighted by Crippen LogP contribution is -2.22. The van der Waals surface area contributed by atoms with Crippen LogP contribution in [0.4, 0.5) is 0 Å². The van der Waals surface area contributed by atoms with Crippen molar-refractivity contribution >= 4 is 22.9 Å². The van der Waals surface area contributed by atoms with Crippen molar-refractivity contribution in [2.24, 2.45) is 16.5 Å². The third-order valence-corrected chi connectivity index (χ3v) is 4.36. The maximum absolute atomic E-state index is 7.32. The molecule has 0 aliphatic rings. The van der Waals surface area contributed by atoms with Crippen molar-refractivity contribution in [2.45, 2.75) is 32.1 Å². The predicted octanol–water partition coefficient (Wildman–Crippen LogP) is 3.03. The van der Waals surface area contributed by atoms with Crippen LogP contribution >= 0.6 is 0 Å². The topological polar surface area (TPSA) is 110 Å². The number of nitrogens with one attached hydrogen (secondary N) is 2. The zero-order valence-corrected chi connectivity index (χ0v) is 15.9. The molecule has 0 atom stereocenters. The normalized spacial score (nSPS) is 10.7. The Morgan fingerprint density at radius 3 is 2.52 bits per heavy atom. The fraction of sp³-hybridized carbons (Fsp3) is 0.429. The molecule has 0 saturated carbocycles. The molecule has 0 aliphatic heterocycles. The van der Waals surface area contributed by atoms with Crippen LogP contribution in [0.5, 0.6) is 5.75 Å². The van der Waals surface area contributed by atoms with Gasteiger partial charge in [0, 0.05) is 19.3 Å². The molecule has 27 heavy (non-hydrogen) atoms. The van der Waals surface area contributed by atoms with E-state index in [1.54, 1.807) is 0 Å². The first-order chi connectivity index (χ1) is 13.2. The molecule has 0 spiro atoms. The van der Waals surface area contributed by atoms with E-state index in [1.165, 1.54) is 31.9 Å². The molecule has 0 radical (unpaired) electrons. The largest absolute Gasteiger partial charge is 0.492 e. The van der Waals surface area contributed by atoms with Crippen LogP contribution < -0.4 is 21.5 Å². The van der Waals surface area contributed by atoms with Crippen molar-refractivity contribution in [2.75, 3.05) is 26.2 Å². The standard InChI is InChI=1S/C21H31N5O/c22-16-17-6-7-19-15-20(9-8-18(19)14-17)27-13-12-25-10-4-2-1-3-5-11-26-21(23)24/h6-9,14-16,22,25H,1-5,10-13H2,(H4,23,24,26). The lowest BCUT2D eigenvalue weighted by Gasteiger charge is -2.09. The van der Waals surface area contributed by atoms with Gasteiger partial charge in [-0.2, -0.15) is 0 Å². The van der Waals surface area contributed by atoms with Gasteiger partial charge in [-0.15, -0.1) is 0 Å². The molecule has 2 aromatic rings. The first kappa shape index (κ1) is 20.7. The highest BCUT2D eigenvalue weighted by atomic mass is 16.5. The van der Waals surface area contributed by atoms with Crippen LogP contribution in [-0.4, -0.2) is 38.4 Å². The van der Waals surface area contributed by atoms with E-state index in [4.69, 9.17) is 21.6 Å². The molecule has 0 heterocycles. The first-order valence-electron chi connectivity index (χ1n) is 9.62. The second-order valence-corrected chi connectivity index (χ2v) is 6.59. The number of unbranched alkanes of at least 4 members (excludes halogenated alkanes) is 4. The van der Waals surface area contributed by atoms with Gasteiger partial charge in [-0.1, -0.05) is 37.5 Å². The molecule has 2 aromatic carbocycles. The lowest BCUT2D eigenvalue weighted by molar-refractivity contribution is 0.314. The highest BCUT2D eigenvalue weighted by molar-refractivity contribution is 5.90. The zero-order chi connectivity index (χ0) is 19.3. The maximum Gasteiger partial charge on any atom is 0.185 e. The van der Waals surface area contributed by atoms with E-state index in [0.29, 0.717) is 6.61 Å². The van der Waals surface area contributed by atoms with Gasteiger partial charge in [0.2, 0.25) is 0 Å². The molecule has 0 saturated heterocycles. The number of fused-ring (bicyclic) bond motifs is 1. The van der Waals surface area contributed by atoms with Crippen molar-refractivity contribution in [1.29, 1.82) is 5.41 Å². The van der Waals surface area contributed by atoms with E-state index < -0.39 is 0 Å². The summed E-state index contributed by atoms with van der Waals surface area (Å²) in [6.45, 7) is 3.25. The van der Waals surface area contributed by atoms with Crippen molar-refractivity contribution in [3.63, 3.8) is 0 Å². The maximum atomic E-state index is 7.32. The van der Waals surface area contributed by atoms with E-state index in [0.717, 1.165) is 48.1 Å². The molecular formula is C21H31N5O. The summed E-state index contributed by atoms with van der Waals surface area (Å²) in [7, 11) is 0. The Balaban J connectivity index is 1.52. The number of hydrogen-bond acceptors (Lipinski definition) is 4. The number of rotatable bonds is 13. The zero-order valence-electron chi connectivity index (χ0n) is 15.9. The van der Waals surface area contributed by atoms with Gasteiger partial charge in [0.15, 0.2) is 5.96 Å². The van der Waals surface area contributed by atoms with Crippen LogP contribution in [0.15, 0.2) is 41.4 Å². The second-order valence-electron chi connectivity index (χ2n) is 6.59. The van der Waals surface area contributed by atoms with Crippen molar-refractivity contribution in [3.8, 4) is 5.75 Å². The molecule has 0 aromatic heterocycles. The van der Waals surface area contributed by atoms with Crippen LogP contribution in [0, 0.1) is 5.41 Å². The lowest BCUT2D eigenvalue weighted by atomic mass is 10.1. The Morgan fingerprint density at radius 1 is 0.963 bits per heavy atom. The van der Waals surface area contributed by atoms with E-state index in [-0.39, 0.29) is 5.96 Å². The van der Waals surface area contributed by atoms with Gasteiger partial charge in [-0.25, -0.2) is 0 Å². The van der Waals surface area contributed by atoms with Gasteiger partial charge in [-0.05, 0) is 53.9 Å². The Morgan fingerprint density at radius 2 is 1.70 bits per heavy atom. The number of nitrogens with zero attached hydrogens (tertiary/aromatic N) is 1. The summed E-state index contributed by atoms with van der Waals surface area (Å²) >= 11 is 0. The monoisotopic (exact) mass is 369 g/mol. The van der Waals surface area contributed by atoms with Crippen molar-refractivity contribution < 1.29 is 4.74 Å². The summed E-state index contributed by atoms with van der Waals surface area (Å²) in [5, 5.41) is 13.0. The predicted molar refractivity (Wildman–Crippen MR) is 114 cm³/mol. The van der Waals surface area contributed by atoms with Crippen LogP contribution in [0.25, 0.3) is 10.8 Å². The molecule has 6 N–H and O–H groups in total. The van der Waals surface area contributed by atoms with Crippen LogP contribution in [0.1, 0.15) is 37.7 Å². The van der Waals surface area contributed by atoms with E-state index in [2.05, 4.69) is 10.3 Å². The Labute approximate surface area is 161 Å². The third-order valence-electron chi connectivity index (χ3n) is 4.36. The van der Waals surface area contributed by atoms with Gasteiger partial charge in [0.1, 0.15) is 12.4 Å². The minimum Gasteiger partial charge on any atom is -0.492 e. The SMILES string of the molecule is N=Cc1ccc2cc(OCCNCCCCCCCN=C(N)N)ccc2c1. The highest BCUT2D eigenvalue weighted by Crippen LogP contribution is 2.21. The molecule has 146 valence electrons. The molecule has 6 heteroatoms. The smallest absolute Gasteiger partial charge is 0.185 e. The average molecular weight is 370 g/mol. The number of benzene rings is 2. The van der Waals surface area contributed by atoms with Crippen LogP contribution in [0.2, 0.25) is 0 Å². The van der Waals surface area contributed by atoms with Gasteiger partial charge >= 0.3 is 0 Å². The number of ether oxygens (including phenoxy) is 1. The summed E-state index contributed by atoms with van der Waals surface area (Å²) < 4.78 is 5.82. The Hall–Kier alpha value is -2.60. The summed E-state index contributed by atoms with van der Waals surface area (Å²) in [4.78, 5) is 3.98. The van der Waals surface area contributed by atoms with E-state index in [1.807, 2.05) is 36.4 Å². The summed E-state index contributed by atoms with van der Waals surface area (Å²) in [6.07, 6.45) is 7.19. The summed E-state index contributed by atoms with van der Waals surface area (Å²) in [6, 6.07) is 12.1. The fourth-order valence-corrected chi connectivity index (χ4v) is 2.89. The van der Waals surface area contributed by atoms with Gasteiger partial charge in [0.25, 0.3) is 0 Å². The third kappa shape index (κ3) is 8.09.